The second-order valence-electron chi connectivity index (χ2n) is 4.72. The highest BCUT2D eigenvalue weighted by Crippen LogP contribution is 2.34. The zero-order chi connectivity index (χ0) is 11.1. The molecule has 1 fully saturated rings. The summed E-state index contributed by atoms with van der Waals surface area (Å²) in [5, 5.41) is 0. The number of imidazole rings is 1. The lowest BCUT2D eigenvalue weighted by Gasteiger charge is -2.02. The van der Waals surface area contributed by atoms with Crippen molar-refractivity contribution in [1.82, 2.24) is 9.97 Å². The van der Waals surface area contributed by atoms with Crippen LogP contribution in [0.15, 0.2) is 16.6 Å². The van der Waals surface area contributed by atoms with Gasteiger partial charge >= 0.3 is 0 Å². The van der Waals surface area contributed by atoms with E-state index in [9.17, 15) is 0 Å². The summed E-state index contributed by atoms with van der Waals surface area (Å²) in [4.78, 5) is 8.24. The summed E-state index contributed by atoms with van der Waals surface area (Å²) in [5.41, 5.74) is 3.53. The van der Waals surface area contributed by atoms with Crippen LogP contribution in [-0.4, -0.2) is 9.97 Å². The number of hydrogen-bond donors (Lipinski definition) is 1. The van der Waals surface area contributed by atoms with E-state index >= 15 is 0 Å². The van der Waals surface area contributed by atoms with Gasteiger partial charge in [-0.25, -0.2) is 4.98 Å². The first-order valence-electron chi connectivity index (χ1n) is 5.90. The number of rotatable bonds is 1. The van der Waals surface area contributed by atoms with Crippen molar-refractivity contribution < 1.29 is 0 Å². The van der Waals surface area contributed by atoms with Crippen LogP contribution in [0.4, 0.5) is 0 Å². The summed E-state index contributed by atoms with van der Waals surface area (Å²) < 4.78 is 1.12. The molecular weight excluding hydrogens is 264 g/mol. The average Bonchev–Trinajstić information content (AvgIpc) is 2.82. The van der Waals surface area contributed by atoms with Gasteiger partial charge in [0, 0.05) is 10.4 Å². The van der Waals surface area contributed by atoms with Crippen molar-refractivity contribution in [1.29, 1.82) is 0 Å². The molecular formula is C13H15BrN2. The van der Waals surface area contributed by atoms with Gasteiger partial charge in [0.1, 0.15) is 5.82 Å². The molecule has 1 N–H and O–H groups in total. The summed E-state index contributed by atoms with van der Waals surface area (Å²) >= 11 is 3.53. The Morgan fingerprint density at radius 3 is 2.81 bits per heavy atom. The van der Waals surface area contributed by atoms with Gasteiger partial charge in [-0.15, -0.1) is 0 Å². The molecule has 1 aromatic carbocycles. The van der Waals surface area contributed by atoms with E-state index in [1.807, 2.05) is 0 Å². The first-order chi connectivity index (χ1) is 7.74. The van der Waals surface area contributed by atoms with E-state index in [1.165, 1.54) is 37.1 Å². The normalized spacial score (nSPS) is 17.4. The number of nitrogens with zero attached hydrogens (tertiary/aromatic N) is 1. The molecule has 0 unspecified atom stereocenters. The highest BCUT2D eigenvalue weighted by molar-refractivity contribution is 9.10. The molecule has 0 bridgehead atoms. The molecule has 0 radical (unpaired) electrons. The van der Waals surface area contributed by atoms with E-state index in [-0.39, 0.29) is 0 Å². The third kappa shape index (κ3) is 1.67. The second kappa shape index (κ2) is 3.88. The summed E-state index contributed by atoms with van der Waals surface area (Å²) in [7, 11) is 0. The van der Waals surface area contributed by atoms with Crippen LogP contribution in [-0.2, 0) is 0 Å². The van der Waals surface area contributed by atoms with Gasteiger partial charge in [0.2, 0.25) is 0 Å². The third-order valence-electron chi connectivity index (χ3n) is 3.50. The Morgan fingerprint density at radius 2 is 2.06 bits per heavy atom. The molecule has 2 nitrogen and oxygen atoms in total. The number of aryl methyl sites for hydroxylation is 1. The molecule has 1 aliphatic carbocycles. The zero-order valence-corrected chi connectivity index (χ0v) is 11.0. The monoisotopic (exact) mass is 278 g/mol. The molecule has 0 aliphatic heterocycles. The number of H-pyrrole nitrogens is 1. The maximum atomic E-state index is 4.76. The Labute approximate surface area is 104 Å². The van der Waals surface area contributed by atoms with Crippen molar-refractivity contribution in [2.75, 3.05) is 0 Å². The Kier molecular flexibility index (Phi) is 2.51. The van der Waals surface area contributed by atoms with Gasteiger partial charge in [-0.1, -0.05) is 28.8 Å². The van der Waals surface area contributed by atoms with Crippen molar-refractivity contribution in [2.45, 2.75) is 38.5 Å². The molecule has 0 amide bonds. The first kappa shape index (κ1) is 10.3. The van der Waals surface area contributed by atoms with Gasteiger partial charge in [0.05, 0.1) is 11.0 Å². The number of benzene rings is 1. The lowest BCUT2D eigenvalue weighted by molar-refractivity contribution is 0.681. The van der Waals surface area contributed by atoms with Crippen molar-refractivity contribution >= 4 is 27.0 Å². The molecule has 0 atom stereocenters. The van der Waals surface area contributed by atoms with Crippen molar-refractivity contribution in [2.24, 2.45) is 0 Å². The molecule has 0 spiro atoms. The zero-order valence-electron chi connectivity index (χ0n) is 9.39. The van der Waals surface area contributed by atoms with Gasteiger partial charge in [-0.2, -0.15) is 0 Å². The van der Waals surface area contributed by atoms with Crippen LogP contribution in [0.5, 0.6) is 0 Å². The topological polar surface area (TPSA) is 28.7 Å². The largest absolute Gasteiger partial charge is 0.342 e. The number of hydrogen-bond acceptors (Lipinski definition) is 1. The third-order valence-corrected chi connectivity index (χ3v) is 3.96. The van der Waals surface area contributed by atoms with Crippen LogP contribution in [0.1, 0.15) is 43.0 Å². The average molecular weight is 279 g/mol. The highest BCUT2D eigenvalue weighted by atomic mass is 79.9. The van der Waals surface area contributed by atoms with Crippen LogP contribution in [0.25, 0.3) is 11.0 Å². The Hall–Kier alpha value is -0.830. The molecule has 1 saturated carbocycles. The number of fused-ring (bicyclic) bond motifs is 1. The van der Waals surface area contributed by atoms with Crippen LogP contribution in [0, 0.1) is 6.92 Å². The Morgan fingerprint density at radius 1 is 1.31 bits per heavy atom. The molecule has 2 aromatic rings. The van der Waals surface area contributed by atoms with E-state index in [4.69, 9.17) is 4.98 Å². The molecule has 0 saturated heterocycles. The number of halogens is 1. The number of aromatic amines is 1. The van der Waals surface area contributed by atoms with Gasteiger partial charge in [-0.3, -0.25) is 0 Å². The van der Waals surface area contributed by atoms with Crippen LogP contribution < -0.4 is 0 Å². The smallest absolute Gasteiger partial charge is 0.110 e. The molecule has 3 rings (SSSR count). The van der Waals surface area contributed by atoms with Crippen molar-refractivity contribution in [3.8, 4) is 0 Å². The molecule has 16 heavy (non-hydrogen) atoms. The van der Waals surface area contributed by atoms with Gasteiger partial charge in [0.15, 0.2) is 0 Å². The molecule has 1 heterocycles. The van der Waals surface area contributed by atoms with Crippen molar-refractivity contribution in [3.05, 3.63) is 28.0 Å². The summed E-state index contributed by atoms with van der Waals surface area (Å²) in [6.07, 6.45) is 5.29. The van der Waals surface area contributed by atoms with E-state index < -0.39 is 0 Å². The predicted octanol–water partition coefficient (Wildman–Crippen LogP) is 4.29. The van der Waals surface area contributed by atoms with Gasteiger partial charge < -0.3 is 4.98 Å². The molecule has 1 aliphatic rings. The minimum absolute atomic E-state index is 0.658. The Balaban J connectivity index is 2.11. The van der Waals surface area contributed by atoms with Gasteiger partial charge in [-0.05, 0) is 37.5 Å². The van der Waals surface area contributed by atoms with Crippen LogP contribution >= 0.6 is 15.9 Å². The summed E-state index contributed by atoms with van der Waals surface area (Å²) in [5.74, 6) is 1.85. The lowest BCUT2D eigenvalue weighted by Crippen LogP contribution is -1.94. The summed E-state index contributed by atoms with van der Waals surface area (Å²) in [6.45, 7) is 2.12. The van der Waals surface area contributed by atoms with E-state index in [0.29, 0.717) is 5.92 Å². The van der Waals surface area contributed by atoms with Crippen LogP contribution in [0.2, 0.25) is 0 Å². The van der Waals surface area contributed by atoms with E-state index in [1.54, 1.807) is 0 Å². The highest BCUT2D eigenvalue weighted by Gasteiger charge is 2.20. The quantitative estimate of drug-likeness (QED) is 0.828. The lowest BCUT2D eigenvalue weighted by atomic mass is 10.1. The maximum Gasteiger partial charge on any atom is 0.110 e. The standard InChI is InChI=1S/C13H15BrN2/c1-8-6-10(14)7-11-12(8)16-13(15-11)9-4-2-3-5-9/h6-7,9H,2-5H2,1H3,(H,15,16). The molecule has 1 aromatic heterocycles. The number of nitrogens with one attached hydrogen (secondary N) is 1. The molecule has 3 heteroatoms. The Bertz CT molecular complexity index is 524. The minimum atomic E-state index is 0.658. The van der Waals surface area contributed by atoms with Crippen molar-refractivity contribution in [3.63, 3.8) is 0 Å². The fourth-order valence-electron chi connectivity index (χ4n) is 2.66. The minimum Gasteiger partial charge on any atom is -0.342 e. The number of aromatic nitrogens is 2. The fraction of sp³-hybridized carbons (Fsp3) is 0.462. The summed E-state index contributed by atoms with van der Waals surface area (Å²) in [6, 6.07) is 4.25. The van der Waals surface area contributed by atoms with Gasteiger partial charge in [0.25, 0.3) is 0 Å². The van der Waals surface area contributed by atoms with E-state index in [2.05, 4.69) is 40.0 Å². The molecule has 84 valence electrons. The maximum absolute atomic E-state index is 4.76. The fourth-order valence-corrected chi connectivity index (χ4v) is 3.23. The van der Waals surface area contributed by atoms with Crippen LogP contribution in [0.3, 0.4) is 0 Å². The van der Waals surface area contributed by atoms with E-state index in [0.717, 1.165) is 15.5 Å². The second-order valence-corrected chi connectivity index (χ2v) is 5.64. The SMILES string of the molecule is Cc1cc(Br)cc2[nH]c(C3CCCC3)nc12. The predicted molar refractivity (Wildman–Crippen MR) is 69.7 cm³/mol. The first-order valence-corrected chi connectivity index (χ1v) is 6.69.